The van der Waals surface area contributed by atoms with Crippen LogP contribution in [0.2, 0.25) is 0 Å². The molecule has 1 heterocycles. The van der Waals surface area contributed by atoms with Gasteiger partial charge in [0.05, 0.1) is 6.04 Å². The van der Waals surface area contributed by atoms with E-state index in [1.807, 2.05) is 0 Å². The second-order valence-electron chi connectivity index (χ2n) is 3.35. The molecule has 0 saturated heterocycles. The summed E-state index contributed by atoms with van der Waals surface area (Å²) in [6, 6.07) is 2.97. The summed E-state index contributed by atoms with van der Waals surface area (Å²) in [6.45, 7) is 3.43. The van der Waals surface area contributed by atoms with Crippen LogP contribution in [0.4, 0.5) is 0 Å². The highest BCUT2D eigenvalue weighted by molar-refractivity contribution is 9.10. The molecule has 0 aliphatic carbocycles. The molecular formula is C11H13BrN2O2. The lowest BCUT2D eigenvalue weighted by molar-refractivity contribution is -0.120. The van der Waals surface area contributed by atoms with Crippen molar-refractivity contribution in [2.45, 2.75) is 26.3 Å². The van der Waals surface area contributed by atoms with Crippen molar-refractivity contribution >= 4 is 27.6 Å². The molecule has 0 bridgehead atoms. The Bertz CT molecular complexity index is 407. The average Bonchev–Trinajstić information content (AvgIpc) is 2.28. The standard InChI is InChI=1S/C11H13BrN2O2/c1-3-9(15)7(2)14-11(16)10-8(12)5-4-6-13-10/h4-7H,3H2,1-2H3,(H,14,16). The van der Waals surface area contributed by atoms with Crippen molar-refractivity contribution in [3.8, 4) is 0 Å². The molecule has 1 aromatic heterocycles. The van der Waals surface area contributed by atoms with Crippen LogP contribution in [0.5, 0.6) is 0 Å². The van der Waals surface area contributed by atoms with Gasteiger partial charge in [-0.15, -0.1) is 0 Å². The Hall–Kier alpha value is -1.23. The van der Waals surface area contributed by atoms with Gasteiger partial charge in [-0.3, -0.25) is 9.59 Å². The van der Waals surface area contributed by atoms with Crippen molar-refractivity contribution in [3.63, 3.8) is 0 Å². The maximum Gasteiger partial charge on any atom is 0.271 e. The summed E-state index contributed by atoms with van der Waals surface area (Å²) in [7, 11) is 0. The van der Waals surface area contributed by atoms with Crippen LogP contribution in [0.1, 0.15) is 30.8 Å². The summed E-state index contributed by atoms with van der Waals surface area (Å²) in [5.74, 6) is -0.345. The first-order valence-electron chi connectivity index (χ1n) is 5.00. The van der Waals surface area contributed by atoms with Crippen LogP contribution in [0.3, 0.4) is 0 Å². The number of hydrogen-bond acceptors (Lipinski definition) is 3. The lowest BCUT2D eigenvalue weighted by atomic mass is 10.1. The maximum atomic E-state index is 11.7. The van der Waals surface area contributed by atoms with Gasteiger partial charge in [0, 0.05) is 17.1 Å². The van der Waals surface area contributed by atoms with Crippen LogP contribution < -0.4 is 5.32 Å². The van der Waals surface area contributed by atoms with Crippen LogP contribution in [0, 0.1) is 0 Å². The molecule has 16 heavy (non-hydrogen) atoms. The Morgan fingerprint density at radius 2 is 2.25 bits per heavy atom. The third-order valence-electron chi connectivity index (χ3n) is 2.15. The van der Waals surface area contributed by atoms with Crippen molar-refractivity contribution < 1.29 is 9.59 Å². The van der Waals surface area contributed by atoms with E-state index in [4.69, 9.17) is 0 Å². The van der Waals surface area contributed by atoms with Crippen molar-refractivity contribution in [1.29, 1.82) is 0 Å². The predicted octanol–water partition coefficient (Wildman–Crippen LogP) is 1.94. The molecule has 1 aromatic rings. The molecule has 0 aromatic carbocycles. The SMILES string of the molecule is CCC(=O)C(C)NC(=O)c1ncccc1Br. The topological polar surface area (TPSA) is 59.1 Å². The first-order chi connectivity index (χ1) is 7.56. The molecule has 0 spiro atoms. The van der Waals surface area contributed by atoms with E-state index in [1.54, 1.807) is 26.0 Å². The minimum absolute atomic E-state index is 0.000374. The normalized spacial score (nSPS) is 11.9. The molecule has 0 fully saturated rings. The molecular weight excluding hydrogens is 272 g/mol. The van der Waals surface area contributed by atoms with Gasteiger partial charge in [0.1, 0.15) is 5.69 Å². The van der Waals surface area contributed by atoms with Crippen molar-refractivity contribution in [2.24, 2.45) is 0 Å². The second-order valence-corrected chi connectivity index (χ2v) is 4.20. The molecule has 1 N–H and O–H groups in total. The molecule has 1 atom stereocenters. The van der Waals surface area contributed by atoms with Gasteiger partial charge in [0.2, 0.25) is 0 Å². The summed E-state index contributed by atoms with van der Waals surface area (Å²) in [6.07, 6.45) is 1.94. The quantitative estimate of drug-likeness (QED) is 0.919. The molecule has 5 heteroatoms. The number of nitrogens with one attached hydrogen (secondary N) is 1. The summed E-state index contributed by atoms with van der Waals surface area (Å²) in [5.41, 5.74) is 0.290. The Labute approximate surface area is 103 Å². The van der Waals surface area contributed by atoms with Crippen LogP contribution in [-0.4, -0.2) is 22.7 Å². The fraction of sp³-hybridized carbons (Fsp3) is 0.364. The number of nitrogens with zero attached hydrogens (tertiary/aromatic N) is 1. The lowest BCUT2D eigenvalue weighted by Crippen LogP contribution is -2.38. The number of pyridine rings is 1. The van der Waals surface area contributed by atoms with Crippen molar-refractivity contribution in [3.05, 3.63) is 28.5 Å². The van der Waals surface area contributed by atoms with Gasteiger partial charge in [0.25, 0.3) is 5.91 Å². The molecule has 0 saturated carbocycles. The van der Waals surface area contributed by atoms with E-state index in [9.17, 15) is 9.59 Å². The molecule has 1 amide bonds. The average molecular weight is 285 g/mol. The summed E-state index contributed by atoms with van der Waals surface area (Å²) in [5, 5.41) is 2.61. The summed E-state index contributed by atoms with van der Waals surface area (Å²) >= 11 is 3.23. The molecule has 1 rings (SSSR count). The van der Waals surface area contributed by atoms with E-state index in [-0.39, 0.29) is 11.7 Å². The fourth-order valence-corrected chi connectivity index (χ4v) is 1.64. The van der Waals surface area contributed by atoms with E-state index in [2.05, 4.69) is 26.2 Å². The van der Waals surface area contributed by atoms with Gasteiger partial charge >= 0.3 is 0 Å². The third kappa shape index (κ3) is 3.13. The van der Waals surface area contributed by atoms with Crippen LogP contribution in [-0.2, 0) is 4.79 Å². The Morgan fingerprint density at radius 1 is 1.56 bits per heavy atom. The number of Topliss-reactive ketones (excluding diaryl/α,β-unsaturated/α-hetero) is 1. The monoisotopic (exact) mass is 284 g/mol. The molecule has 86 valence electrons. The van der Waals surface area contributed by atoms with Crippen LogP contribution in [0.15, 0.2) is 22.8 Å². The van der Waals surface area contributed by atoms with Crippen molar-refractivity contribution in [2.75, 3.05) is 0 Å². The Kier molecular flexibility index (Phi) is 4.61. The number of halogens is 1. The van der Waals surface area contributed by atoms with Crippen molar-refractivity contribution in [1.82, 2.24) is 10.3 Å². The maximum absolute atomic E-state index is 11.7. The smallest absolute Gasteiger partial charge is 0.271 e. The number of carbonyl (C=O) groups is 2. The minimum atomic E-state index is -0.480. The Balaban J connectivity index is 2.73. The summed E-state index contributed by atoms with van der Waals surface area (Å²) < 4.78 is 0.614. The van der Waals surface area contributed by atoms with Gasteiger partial charge in [-0.25, -0.2) is 4.98 Å². The van der Waals surface area contributed by atoms with E-state index in [1.165, 1.54) is 6.20 Å². The van der Waals surface area contributed by atoms with Gasteiger partial charge in [0.15, 0.2) is 5.78 Å². The minimum Gasteiger partial charge on any atom is -0.341 e. The number of hydrogen-bond donors (Lipinski definition) is 1. The highest BCUT2D eigenvalue weighted by atomic mass is 79.9. The zero-order chi connectivity index (χ0) is 12.1. The van der Waals surface area contributed by atoms with E-state index >= 15 is 0 Å². The first-order valence-corrected chi connectivity index (χ1v) is 5.79. The van der Waals surface area contributed by atoms with Crippen LogP contribution >= 0.6 is 15.9 Å². The molecule has 0 aliphatic heterocycles. The highest BCUT2D eigenvalue weighted by Crippen LogP contribution is 2.13. The predicted molar refractivity (Wildman–Crippen MR) is 64.2 cm³/mol. The van der Waals surface area contributed by atoms with E-state index < -0.39 is 6.04 Å². The first kappa shape index (κ1) is 12.8. The second kappa shape index (κ2) is 5.75. The zero-order valence-corrected chi connectivity index (χ0v) is 10.7. The van der Waals surface area contributed by atoms with Gasteiger partial charge in [-0.1, -0.05) is 6.92 Å². The fourth-order valence-electron chi connectivity index (χ4n) is 1.20. The number of carbonyl (C=O) groups excluding carboxylic acids is 2. The van der Waals surface area contributed by atoms with E-state index in [0.717, 1.165) is 0 Å². The molecule has 1 unspecified atom stereocenters. The largest absolute Gasteiger partial charge is 0.341 e. The molecule has 0 radical (unpaired) electrons. The lowest BCUT2D eigenvalue weighted by Gasteiger charge is -2.11. The zero-order valence-electron chi connectivity index (χ0n) is 9.16. The van der Waals surface area contributed by atoms with E-state index in [0.29, 0.717) is 16.6 Å². The number of ketones is 1. The molecule has 4 nitrogen and oxygen atoms in total. The van der Waals surface area contributed by atoms with Gasteiger partial charge in [-0.2, -0.15) is 0 Å². The third-order valence-corrected chi connectivity index (χ3v) is 2.79. The number of rotatable bonds is 4. The summed E-state index contributed by atoms with van der Waals surface area (Å²) in [4.78, 5) is 27.0. The Morgan fingerprint density at radius 3 is 2.81 bits per heavy atom. The number of aromatic nitrogens is 1. The van der Waals surface area contributed by atoms with Crippen LogP contribution in [0.25, 0.3) is 0 Å². The highest BCUT2D eigenvalue weighted by Gasteiger charge is 2.17. The van der Waals surface area contributed by atoms with Gasteiger partial charge in [-0.05, 0) is 35.0 Å². The molecule has 0 aliphatic rings. The van der Waals surface area contributed by atoms with Gasteiger partial charge < -0.3 is 5.32 Å². The number of amides is 1.